The van der Waals surface area contributed by atoms with Gasteiger partial charge in [-0.3, -0.25) is 4.98 Å². The van der Waals surface area contributed by atoms with Gasteiger partial charge in [0.2, 0.25) is 0 Å². The van der Waals surface area contributed by atoms with Crippen LogP contribution in [0.2, 0.25) is 0 Å². The smallest absolute Gasteiger partial charge is 0.0447 e. The van der Waals surface area contributed by atoms with E-state index in [2.05, 4.69) is 36.4 Å². The summed E-state index contributed by atoms with van der Waals surface area (Å²) in [5, 5.41) is 3.49. The third-order valence-electron chi connectivity index (χ3n) is 4.19. The van der Waals surface area contributed by atoms with Gasteiger partial charge in [0.15, 0.2) is 0 Å². The Labute approximate surface area is 105 Å². The first-order valence-electron chi connectivity index (χ1n) is 6.89. The van der Waals surface area contributed by atoms with E-state index in [1.807, 2.05) is 12.3 Å². The Morgan fingerprint density at radius 3 is 2.71 bits per heavy atom. The lowest BCUT2D eigenvalue weighted by Gasteiger charge is -2.25. The molecule has 17 heavy (non-hydrogen) atoms. The Bertz CT molecular complexity index is 317. The van der Waals surface area contributed by atoms with E-state index in [-0.39, 0.29) is 0 Å². The van der Waals surface area contributed by atoms with Gasteiger partial charge in [0.05, 0.1) is 0 Å². The third-order valence-corrected chi connectivity index (χ3v) is 4.19. The van der Waals surface area contributed by atoms with Crippen molar-refractivity contribution in [2.45, 2.75) is 51.0 Å². The first kappa shape index (κ1) is 12.6. The largest absolute Gasteiger partial charge is 0.316 e. The summed E-state index contributed by atoms with van der Waals surface area (Å²) in [7, 11) is 2.08. The molecule has 2 unspecified atom stereocenters. The Kier molecular flexibility index (Phi) is 4.55. The molecule has 0 bridgehead atoms. The second kappa shape index (κ2) is 6.15. The molecular weight excluding hydrogens is 208 g/mol. The van der Waals surface area contributed by atoms with Gasteiger partial charge in [0.25, 0.3) is 0 Å². The van der Waals surface area contributed by atoms with Gasteiger partial charge in [-0.2, -0.15) is 0 Å². The van der Waals surface area contributed by atoms with Crippen LogP contribution in [0.15, 0.2) is 24.4 Å². The van der Waals surface area contributed by atoms with Crippen molar-refractivity contribution >= 4 is 0 Å². The van der Waals surface area contributed by atoms with Crippen LogP contribution in [0.25, 0.3) is 0 Å². The predicted octanol–water partition coefficient (Wildman–Crippen LogP) is 3.35. The first-order chi connectivity index (χ1) is 8.31. The summed E-state index contributed by atoms with van der Waals surface area (Å²) >= 11 is 0. The normalized spacial score (nSPS) is 20.4. The molecule has 1 aromatic rings. The van der Waals surface area contributed by atoms with Gasteiger partial charge < -0.3 is 5.32 Å². The predicted molar refractivity (Wildman–Crippen MR) is 72.1 cm³/mol. The highest BCUT2D eigenvalue weighted by molar-refractivity contribution is 5.11. The molecule has 1 fully saturated rings. The molecule has 1 heterocycles. The van der Waals surface area contributed by atoms with Crippen LogP contribution in [0.3, 0.4) is 0 Å². The molecule has 0 radical (unpaired) electrons. The minimum atomic E-state index is 0.502. The lowest BCUT2D eigenvalue weighted by atomic mass is 9.88. The Morgan fingerprint density at radius 2 is 2.12 bits per heavy atom. The van der Waals surface area contributed by atoms with Gasteiger partial charge >= 0.3 is 0 Å². The van der Waals surface area contributed by atoms with Crippen LogP contribution in [0.5, 0.6) is 0 Å². The minimum Gasteiger partial charge on any atom is -0.316 e. The Balaban J connectivity index is 1.97. The van der Waals surface area contributed by atoms with Crippen LogP contribution < -0.4 is 5.32 Å². The fourth-order valence-corrected chi connectivity index (χ4v) is 3.03. The zero-order chi connectivity index (χ0) is 12.1. The molecule has 0 spiro atoms. The van der Waals surface area contributed by atoms with Gasteiger partial charge in [-0.1, -0.05) is 38.7 Å². The summed E-state index contributed by atoms with van der Waals surface area (Å²) < 4.78 is 0. The highest BCUT2D eigenvalue weighted by Gasteiger charge is 2.24. The van der Waals surface area contributed by atoms with Crippen LogP contribution in [-0.4, -0.2) is 18.1 Å². The zero-order valence-corrected chi connectivity index (χ0v) is 11.0. The fourth-order valence-electron chi connectivity index (χ4n) is 3.03. The second-order valence-corrected chi connectivity index (χ2v) is 5.32. The van der Waals surface area contributed by atoms with Crippen LogP contribution >= 0.6 is 0 Å². The topological polar surface area (TPSA) is 24.9 Å². The third kappa shape index (κ3) is 3.29. The highest BCUT2D eigenvalue weighted by Crippen LogP contribution is 2.31. The van der Waals surface area contributed by atoms with Crippen LogP contribution in [-0.2, 0) is 0 Å². The van der Waals surface area contributed by atoms with E-state index in [9.17, 15) is 0 Å². The summed E-state index contributed by atoms with van der Waals surface area (Å²) in [5.74, 6) is 1.43. The van der Waals surface area contributed by atoms with Crippen molar-refractivity contribution in [3.05, 3.63) is 30.1 Å². The number of hydrogen-bond donors (Lipinski definition) is 1. The van der Waals surface area contributed by atoms with E-state index in [0.717, 1.165) is 5.92 Å². The number of nitrogens with zero attached hydrogens (tertiary/aromatic N) is 1. The summed E-state index contributed by atoms with van der Waals surface area (Å²) in [6, 6.07) is 6.78. The molecule has 2 heteroatoms. The molecule has 94 valence electrons. The van der Waals surface area contributed by atoms with E-state index in [4.69, 9.17) is 0 Å². The van der Waals surface area contributed by atoms with Gasteiger partial charge in [0, 0.05) is 23.9 Å². The number of aromatic nitrogens is 1. The van der Waals surface area contributed by atoms with Crippen molar-refractivity contribution in [2.75, 3.05) is 7.05 Å². The van der Waals surface area contributed by atoms with E-state index in [1.54, 1.807) is 0 Å². The molecule has 0 aromatic carbocycles. The molecule has 2 rings (SSSR count). The molecular formula is C15H24N2. The Hall–Kier alpha value is -0.890. The summed E-state index contributed by atoms with van der Waals surface area (Å²) in [5.41, 5.74) is 1.21. The molecule has 1 saturated carbocycles. The van der Waals surface area contributed by atoms with E-state index < -0.39 is 0 Å². The van der Waals surface area contributed by atoms with Gasteiger partial charge in [0.1, 0.15) is 0 Å². The average molecular weight is 232 g/mol. The fraction of sp³-hybridized carbons (Fsp3) is 0.667. The van der Waals surface area contributed by atoms with Crippen molar-refractivity contribution in [2.24, 2.45) is 5.92 Å². The monoisotopic (exact) mass is 232 g/mol. The molecule has 1 aliphatic rings. The zero-order valence-electron chi connectivity index (χ0n) is 11.0. The van der Waals surface area contributed by atoms with E-state index in [1.165, 1.54) is 37.8 Å². The van der Waals surface area contributed by atoms with Crippen molar-refractivity contribution < 1.29 is 0 Å². The number of hydrogen-bond acceptors (Lipinski definition) is 2. The molecule has 1 N–H and O–H groups in total. The maximum Gasteiger partial charge on any atom is 0.0447 e. The Morgan fingerprint density at radius 1 is 1.35 bits per heavy atom. The van der Waals surface area contributed by atoms with E-state index in [0.29, 0.717) is 12.0 Å². The van der Waals surface area contributed by atoms with Crippen molar-refractivity contribution in [3.63, 3.8) is 0 Å². The molecule has 0 aliphatic heterocycles. The number of rotatable bonds is 5. The summed E-state index contributed by atoms with van der Waals surface area (Å²) in [6.45, 7) is 2.29. The van der Waals surface area contributed by atoms with Crippen LogP contribution in [0, 0.1) is 5.92 Å². The van der Waals surface area contributed by atoms with Crippen molar-refractivity contribution in [3.8, 4) is 0 Å². The maximum atomic E-state index is 4.48. The molecule has 0 saturated heterocycles. The van der Waals surface area contributed by atoms with Crippen molar-refractivity contribution in [1.82, 2.24) is 10.3 Å². The molecule has 2 nitrogen and oxygen atoms in total. The van der Waals surface area contributed by atoms with Gasteiger partial charge in [-0.15, -0.1) is 0 Å². The van der Waals surface area contributed by atoms with Crippen LogP contribution in [0.4, 0.5) is 0 Å². The molecule has 0 amide bonds. The first-order valence-corrected chi connectivity index (χ1v) is 6.89. The van der Waals surface area contributed by atoms with Crippen molar-refractivity contribution in [1.29, 1.82) is 0 Å². The van der Waals surface area contributed by atoms with E-state index >= 15 is 0 Å². The average Bonchev–Trinajstić information content (AvgIpc) is 2.89. The highest BCUT2D eigenvalue weighted by atomic mass is 14.9. The summed E-state index contributed by atoms with van der Waals surface area (Å²) in [6.07, 6.45) is 8.90. The molecule has 1 aliphatic carbocycles. The second-order valence-electron chi connectivity index (χ2n) is 5.32. The van der Waals surface area contributed by atoms with Gasteiger partial charge in [-0.25, -0.2) is 0 Å². The van der Waals surface area contributed by atoms with Gasteiger partial charge in [-0.05, 0) is 31.5 Å². The lowest BCUT2D eigenvalue weighted by Crippen LogP contribution is -2.33. The number of likely N-dealkylation sites (N-methyl/N-ethyl adjacent to an activating group) is 1. The summed E-state index contributed by atoms with van der Waals surface area (Å²) in [4.78, 5) is 4.48. The number of pyridine rings is 1. The molecule has 1 aromatic heterocycles. The molecule has 2 atom stereocenters. The maximum absolute atomic E-state index is 4.48. The lowest BCUT2D eigenvalue weighted by molar-refractivity contribution is 0.366. The van der Waals surface area contributed by atoms with Crippen LogP contribution in [0.1, 0.15) is 50.6 Å². The number of nitrogens with one attached hydrogen (secondary N) is 1. The standard InChI is InChI=1S/C15H24N2/c1-12(14-9-5-6-10-17-14)15(16-2)11-13-7-3-4-8-13/h5-6,9-10,12-13,15-16H,3-4,7-8,11H2,1-2H3. The quantitative estimate of drug-likeness (QED) is 0.842. The SMILES string of the molecule is CNC(CC1CCCC1)C(C)c1ccccn1. The minimum absolute atomic E-state index is 0.502.